The second-order valence-corrected chi connectivity index (χ2v) is 6.78. The Morgan fingerprint density at radius 3 is 2.37 bits per heavy atom. The van der Waals surface area contributed by atoms with Crippen molar-refractivity contribution in [3.05, 3.63) is 0 Å². The van der Waals surface area contributed by atoms with Crippen LogP contribution in [0.5, 0.6) is 0 Å². The van der Waals surface area contributed by atoms with Crippen LogP contribution < -0.4 is 5.32 Å². The highest BCUT2D eigenvalue weighted by Crippen LogP contribution is 2.33. The summed E-state index contributed by atoms with van der Waals surface area (Å²) in [6.45, 7) is 7.05. The number of nitrogens with one attached hydrogen (secondary N) is 1. The van der Waals surface area contributed by atoms with Crippen LogP contribution in [0.1, 0.15) is 59.3 Å². The molecule has 1 atom stereocenters. The molecule has 1 rings (SSSR count). The molecule has 0 aromatic rings. The van der Waals surface area contributed by atoms with Crippen LogP contribution in [0, 0.1) is 17.3 Å². The van der Waals surface area contributed by atoms with Crippen molar-refractivity contribution in [3.8, 4) is 0 Å². The standard InChI is InChI=1S/C15H27NO3/c1-15(2,3)12(6-7-14(18)19)8-9-16-13(17)10-11-4-5-11/h11-12H,4-10H2,1-3H3,(H,16,17)(H,18,19). The lowest BCUT2D eigenvalue weighted by Crippen LogP contribution is -2.30. The van der Waals surface area contributed by atoms with E-state index in [9.17, 15) is 9.59 Å². The fraction of sp³-hybridized carbons (Fsp3) is 0.867. The Hall–Kier alpha value is -1.06. The van der Waals surface area contributed by atoms with Crippen LogP contribution in [0.15, 0.2) is 0 Å². The summed E-state index contributed by atoms with van der Waals surface area (Å²) < 4.78 is 0. The summed E-state index contributed by atoms with van der Waals surface area (Å²) in [7, 11) is 0. The monoisotopic (exact) mass is 269 g/mol. The molecule has 1 saturated carbocycles. The van der Waals surface area contributed by atoms with Crippen molar-refractivity contribution in [2.75, 3.05) is 6.54 Å². The maximum absolute atomic E-state index is 11.6. The summed E-state index contributed by atoms with van der Waals surface area (Å²) >= 11 is 0. The number of carbonyl (C=O) groups is 2. The minimum absolute atomic E-state index is 0.0800. The van der Waals surface area contributed by atoms with E-state index in [0.29, 0.717) is 31.2 Å². The largest absolute Gasteiger partial charge is 0.481 e. The van der Waals surface area contributed by atoms with Crippen molar-refractivity contribution < 1.29 is 14.7 Å². The number of carboxylic acids is 1. The zero-order chi connectivity index (χ0) is 14.5. The first-order valence-corrected chi connectivity index (χ1v) is 7.27. The summed E-state index contributed by atoms with van der Waals surface area (Å²) in [5, 5.41) is 11.7. The second kappa shape index (κ2) is 6.92. The molecule has 4 nitrogen and oxygen atoms in total. The highest BCUT2D eigenvalue weighted by Gasteiger charge is 2.26. The number of carbonyl (C=O) groups excluding carboxylic acids is 1. The van der Waals surface area contributed by atoms with E-state index < -0.39 is 5.97 Å². The predicted molar refractivity (Wildman–Crippen MR) is 74.8 cm³/mol. The zero-order valence-electron chi connectivity index (χ0n) is 12.4. The van der Waals surface area contributed by atoms with Gasteiger partial charge in [-0.1, -0.05) is 20.8 Å². The van der Waals surface area contributed by atoms with Crippen molar-refractivity contribution in [2.45, 2.75) is 59.3 Å². The van der Waals surface area contributed by atoms with Gasteiger partial charge >= 0.3 is 5.97 Å². The molecule has 0 bridgehead atoms. The van der Waals surface area contributed by atoms with E-state index in [-0.39, 0.29) is 17.7 Å². The first-order chi connectivity index (χ1) is 8.79. The normalized spacial score (nSPS) is 17.0. The topological polar surface area (TPSA) is 66.4 Å². The molecular weight excluding hydrogens is 242 g/mol. The van der Waals surface area contributed by atoms with Gasteiger partial charge in [-0.05, 0) is 42.9 Å². The molecule has 0 radical (unpaired) electrons. The highest BCUT2D eigenvalue weighted by atomic mass is 16.4. The summed E-state index contributed by atoms with van der Waals surface area (Å²) in [6, 6.07) is 0. The maximum atomic E-state index is 11.6. The highest BCUT2D eigenvalue weighted by molar-refractivity contribution is 5.76. The molecule has 4 heteroatoms. The Labute approximate surface area is 116 Å². The van der Waals surface area contributed by atoms with Crippen LogP contribution >= 0.6 is 0 Å². The zero-order valence-corrected chi connectivity index (χ0v) is 12.4. The molecule has 1 unspecified atom stereocenters. The van der Waals surface area contributed by atoms with Crippen molar-refractivity contribution in [2.24, 2.45) is 17.3 Å². The van der Waals surface area contributed by atoms with E-state index in [0.717, 1.165) is 6.42 Å². The van der Waals surface area contributed by atoms with Gasteiger partial charge in [0.25, 0.3) is 0 Å². The van der Waals surface area contributed by atoms with Gasteiger partial charge in [0.05, 0.1) is 0 Å². The van der Waals surface area contributed by atoms with Crippen LogP contribution in [0.3, 0.4) is 0 Å². The lowest BCUT2D eigenvalue weighted by atomic mass is 9.76. The van der Waals surface area contributed by atoms with E-state index >= 15 is 0 Å². The van der Waals surface area contributed by atoms with Crippen LogP contribution in [0.4, 0.5) is 0 Å². The molecular formula is C15H27NO3. The van der Waals surface area contributed by atoms with Crippen LogP contribution in [-0.4, -0.2) is 23.5 Å². The first-order valence-electron chi connectivity index (χ1n) is 7.27. The van der Waals surface area contributed by atoms with Crippen molar-refractivity contribution in [1.29, 1.82) is 0 Å². The van der Waals surface area contributed by atoms with Gasteiger partial charge in [0.1, 0.15) is 0 Å². The number of rotatable bonds is 8. The summed E-state index contributed by atoms with van der Waals surface area (Å²) in [5.74, 6) is 0.343. The smallest absolute Gasteiger partial charge is 0.303 e. The van der Waals surface area contributed by atoms with E-state index in [1.807, 2.05) is 0 Å². The summed E-state index contributed by atoms with van der Waals surface area (Å²) in [6.07, 6.45) is 4.78. The number of amides is 1. The van der Waals surface area contributed by atoms with E-state index in [4.69, 9.17) is 5.11 Å². The Bertz CT molecular complexity index is 316. The Morgan fingerprint density at radius 1 is 1.26 bits per heavy atom. The van der Waals surface area contributed by atoms with Gasteiger partial charge < -0.3 is 10.4 Å². The van der Waals surface area contributed by atoms with Crippen LogP contribution in [-0.2, 0) is 9.59 Å². The molecule has 19 heavy (non-hydrogen) atoms. The van der Waals surface area contributed by atoms with Gasteiger partial charge in [-0.2, -0.15) is 0 Å². The van der Waals surface area contributed by atoms with E-state index in [2.05, 4.69) is 26.1 Å². The number of hydrogen-bond donors (Lipinski definition) is 2. The minimum Gasteiger partial charge on any atom is -0.481 e. The molecule has 1 aliphatic carbocycles. The van der Waals surface area contributed by atoms with Gasteiger partial charge in [0, 0.05) is 19.4 Å². The molecule has 1 aliphatic rings. The molecule has 0 aliphatic heterocycles. The third-order valence-electron chi connectivity index (χ3n) is 3.92. The second-order valence-electron chi connectivity index (χ2n) is 6.78. The SMILES string of the molecule is CC(C)(C)C(CCNC(=O)CC1CC1)CCC(=O)O. The quantitative estimate of drug-likeness (QED) is 0.712. The minimum atomic E-state index is -0.744. The van der Waals surface area contributed by atoms with Crippen molar-refractivity contribution in [3.63, 3.8) is 0 Å². The Balaban J connectivity index is 2.26. The first kappa shape index (κ1) is 16.0. The molecule has 0 aromatic carbocycles. The molecule has 0 spiro atoms. The molecule has 1 amide bonds. The molecule has 110 valence electrons. The van der Waals surface area contributed by atoms with Crippen molar-refractivity contribution >= 4 is 11.9 Å². The Kier molecular flexibility index (Phi) is 5.83. The van der Waals surface area contributed by atoms with Crippen LogP contribution in [0.2, 0.25) is 0 Å². The fourth-order valence-corrected chi connectivity index (χ4v) is 2.35. The molecule has 0 saturated heterocycles. The van der Waals surface area contributed by atoms with Crippen molar-refractivity contribution in [1.82, 2.24) is 5.32 Å². The van der Waals surface area contributed by atoms with Gasteiger partial charge in [0.2, 0.25) is 5.91 Å². The number of carboxylic acid groups (broad SMARTS) is 1. The van der Waals surface area contributed by atoms with Gasteiger partial charge in [-0.3, -0.25) is 9.59 Å². The number of hydrogen-bond acceptors (Lipinski definition) is 2. The van der Waals surface area contributed by atoms with E-state index in [1.165, 1.54) is 12.8 Å². The summed E-state index contributed by atoms with van der Waals surface area (Å²) in [4.78, 5) is 22.3. The fourth-order valence-electron chi connectivity index (χ4n) is 2.35. The summed E-state index contributed by atoms with van der Waals surface area (Å²) in [5.41, 5.74) is 0.0800. The lowest BCUT2D eigenvalue weighted by Gasteiger charge is -2.30. The van der Waals surface area contributed by atoms with E-state index in [1.54, 1.807) is 0 Å². The molecule has 0 heterocycles. The van der Waals surface area contributed by atoms with Crippen LogP contribution in [0.25, 0.3) is 0 Å². The number of aliphatic carboxylic acids is 1. The molecule has 2 N–H and O–H groups in total. The average molecular weight is 269 g/mol. The predicted octanol–water partition coefficient (Wildman–Crippen LogP) is 2.82. The van der Waals surface area contributed by atoms with Gasteiger partial charge in [-0.15, -0.1) is 0 Å². The van der Waals surface area contributed by atoms with Gasteiger partial charge in [-0.25, -0.2) is 0 Å². The average Bonchev–Trinajstić information content (AvgIpc) is 3.04. The lowest BCUT2D eigenvalue weighted by molar-refractivity contribution is -0.137. The molecule has 1 fully saturated rings. The third-order valence-corrected chi connectivity index (χ3v) is 3.92. The third kappa shape index (κ3) is 7.19. The molecule has 0 aromatic heterocycles. The van der Waals surface area contributed by atoms with Gasteiger partial charge in [0.15, 0.2) is 0 Å². The maximum Gasteiger partial charge on any atom is 0.303 e. The Morgan fingerprint density at radius 2 is 1.89 bits per heavy atom.